The third-order valence-electron chi connectivity index (χ3n) is 5.06. The molecule has 0 aromatic heterocycles. The van der Waals surface area contributed by atoms with Gasteiger partial charge in [-0.05, 0) is 30.8 Å². The van der Waals surface area contributed by atoms with Crippen LogP contribution in [0.1, 0.15) is 51.9 Å². The van der Waals surface area contributed by atoms with Gasteiger partial charge in [-0.15, -0.1) is 0 Å². The predicted molar refractivity (Wildman–Crippen MR) is 125 cm³/mol. The van der Waals surface area contributed by atoms with Crippen LogP contribution in [-0.2, 0) is 19.1 Å². The molecule has 176 valence electrons. The smallest absolute Gasteiger partial charge is 0.308 e. The summed E-state index contributed by atoms with van der Waals surface area (Å²) in [7, 11) is 0. The molecule has 0 saturated carbocycles. The van der Waals surface area contributed by atoms with Crippen LogP contribution in [0.2, 0.25) is 0 Å². The van der Waals surface area contributed by atoms with Gasteiger partial charge in [-0.2, -0.15) is 0 Å². The van der Waals surface area contributed by atoms with E-state index < -0.39 is 12.0 Å². The van der Waals surface area contributed by atoms with E-state index in [1.54, 1.807) is 4.90 Å². The van der Waals surface area contributed by atoms with E-state index in [2.05, 4.69) is 17.6 Å². The summed E-state index contributed by atoms with van der Waals surface area (Å²) in [6, 6.07) is 8.40. The van der Waals surface area contributed by atoms with Crippen LogP contribution < -0.4 is 15.4 Å². The fourth-order valence-corrected chi connectivity index (χ4v) is 3.68. The summed E-state index contributed by atoms with van der Waals surface area (Å²) in [6.45, 7) is 3.23. The molecule has 1 aromatic carbocycles. The maximum Gasteiger partial charge on any atom is 0.308 e. The molecule has 1 aliphatic heterocycles. The van der Waals surface area contributed by atoms with Crippen LogP contribution in [0.15, 0.2) is 30.3 Å². The van der Waals surface area contributed by atoms with Crippen molar-refractivity contribution in [1.29, 1.82) is 0 Å². The Balaban J connectivity index is 1.76. The van der Waals surface area contributed by atoms with Gasteiger partial charge in [0.05, 0.1) is 6.42 Å². The fraction of sp³-hybridized carbons (Fsp3) is 0.565. The molecule has 0 spiro atoms. The van der Waals surface area contributed by atoms with E-state index in [4.69, 9.17) is 21.7 Å². The second-order valence-corrected chi connectivity index (χ2v) is 7.99. The monoisotopic (exact) mass is 463 g/mol. The third kappa shape index (κ3) is 9.21. The molecule has 2 amide bonds. The van der Waals surface area contributed by atoms with Crippen molar-refractivity contribution >= 4 is 35.1 Å². The van der Waals surface area contributed by atoms with Crippen LogP contribution >= 0.6 is 12.2 Å². The summed E-state index contributed by atoms with van der Waals surface area (Å²) in [6.07, 6.45) is 5.46. The van der Waals surface area contributed by atoms with Crippen molar-refractivity contribution in [2.24, 2.45) is 0 Å². The zero-order chi connectivity index (χ0) is 23.2. The number of nitrogens with zero attached hydrogens (tertiary/aromatic N) is 1. The quantitative estimate of drug-likeness (QED) is 0.279. The summed E-state index contributed by atoms with van der Waals surface area (Å²) in [5.41, 5.74) is 0. The minimum absolute atomic E-state index is 0.0707. The number of carbonyl (C=O) groups is 3. The molecule has 1 heterocycles. The zero-order valence-electron chi connectivity index (χ0n) is 18.6. The lowest BCUT2D eigenvalue weighted by Gasteiger charge is -2.36. The number of piperazine rings is 1. The van der Waals surface area contributed by atoms with Gasteiger partial charge in [0.25, 0.3) is 0 Å². The van der Waals surface area contributed by atoms with Crippen LogP contribution in [0.3, 0.4) is 0 Å². The molecular formula is C23H33N3O5S. The number of esters is 1. The molecule has 1 fully saturated rings. The Hall–Kier alpha value is -2.68. The number of benzene rings is 1. The van der Waals surface area contributed by atoms with Crippen molar-refractivity contribution in [3.05, 3.63) is 30.3 Å². The highest BCUT2D eigenvalue weighted by Crippen LogP contribution is 2.12. The second kappa shape index (κ2) is 14.4. The van der Waals surface area contributed by atoms with E-state index in [-0.39, 0.29) is 36.6 Å². The fourth-order valence-electron chi connectivity index (χ4n) is 3.35. The standard InChI is InChI=1S/C23H33N3O5S/c1-2-3-4-5-9-12-20(27)25-23(32)26-14-13-24-22(29)19(26)17-21(28)31-16-15-30-18-10-7-6-8-11-18/h6-8,10-11,19H,2-5,9,12-17H2,1H3,(H,24,29)(H,25,27,32). The van der Waals surface area contributed by atoms with Gasteiger partial charge >= 0.3 is 5.97 Å². The largest absolute Gasteiger partial charge is 0.490 e. The van der Waals surface area contributed by atoms with Gasteiger partial charge in [0.15, 0.2) is 5.11 Å². The first kappa shape index (κ1) is 25.6. The predicted octanol–water partition coefficient (Wildman–Crippen LogP) is 2.56. The van der Waals surface area contributed by atoms with Gasteiger partial charge in [0, 0.05) is 19.5 Å². The maximum atomic E-state index is 12.4. The SMILES string of the molecule is CCCCCCCC(=O)NC(=S)N1CCNC(=O)C1CC(=O)OCCOc1ccccc1. The summed E-state index contributed by atoms with van der Waals surface area (Å²) in [5, 5.41) is 5.60. The van der Waals surface area contributed by atoms with Crippen LogP contribution in [0.5, 0.6) is 5.75 Å². The number of amides is 2. The summed E-state index contributed by atoms with van der Waals surface area (Å²) in [5.74, 6) is -0.326. The topological polar surface area (TPSA) is 97.0 Å². The highest BCUT2D eigenvalue weighted by Gasteiger charge is 2.34. The lowest BCUT2D eigenvalue weighted by atomic mass is 10.1. The molecule has 32 heavy (non-hydrogen) atoms. The number of nitrogens with one attached hydrogen (secondary N) is 2. The lowest BCUT2D eigenvalue weighted by molar-refractivity contribution is -0.148. The van der Waals surface area contributed by atoms with E-state index in [0.717, 1.165) is 25.7 Å². The van der Waals surface area contributed by atoms with Gasteiger partial charge in [0.1, 0.15) is 25.0 Å². The number of thiocarbonyl (C=S) groups is 1. The Bertz CT molecular complexity index is 759. The third-order valence-corrected chi connectivity index (χ3v) is 5.40. The van der Waals surface area contributed by atoms with E-state index in [0.29, 0.717) is 25.3 Å². The number of carbonyl (C=O) groups excluding carboxylic acids is 3. The summed E-state index contributed by atoms with van der Waals surface area (Å²) < 4.78 is 10.7. The van der Waals surface area contributed by atoms with Crippen molar-refractivity contribution < 1.29 is 23.9 Å². The summed E-state index contributed by atoms with van der Waals surface area (Å²) >= 11 is 5.36. The molecule has 1 unspecified atom stereocenters. The van der Waals surface area contributed by atoms with Crippen LogP contribution in [-0.4, -0.2) is 60.1 Å². The maximum absolute atomic E-state index is 12.4. The van der Waals surface area contributed by atoms with E-state index in [9.17, 15) is 14.4 Å². The van der Waals surface area contributed by atoms with Crippen molar-refractivity contribution in [2.45, 2.75) is 57.9 Å². The highest BCUT2D eigenvalue weighted by molar-refractivity contribution is 7.80. The van der Waals surface area contributed by atoms with Crippen molar-refractivity contribution in [1.82, 2.24) is 15.5 Å². The first-order chi connectivity index (χ1) is 15.5. The van der Waals surface area contributed by atoms with Crippen LogP contribution in [0.25, 0.3) is 0 Å². The molecule has 8 nitrogen and oxygen atoms in total. The number of unbranched alkanes of at least 4 members (excludes halogenated alkanes) is 4. The van der Waals surface area contributed by atoms with Crippen molar-refractivity contribution in [2.75, 3.05) is 26.3 Å². The van der Waals surface area contributed by atoms with Gasteiger partial charge in [-0.3, -0.25) is 14.4 Å². The number of para-hydroxylation sites is 1. The van der Waals surface area contributed by atoms with Gasteiger partial charge in [0.2, 0.25) is 11.8 Å². The Morgan fingerprint density at radius 1 is 1.16 bits per heavy atom. The Kier molecular flexibility index (Phi) is 11.5. The van der Waals surface area contributed by atoms with Gasteiger partial charge < -0.3 is 25.0 Å². The molecular weight excluding hydrogens is 430 g/mol. The van der Waals surface area contributed by atoms with Crippen LogP contribution in [0, 0.1) is 0 Å². The number of hydrogen-bond donors (Lipinski definition) is 2. The van der Waals surface area contributed by atoms with Crippen LogP contribution in [0.4, 0.5) is 0 Å². The molecule has 0 aliphatic carbocycles. The first-order valence-electron chi connectivity index (χ1n) is 11.2. The summed E-state index contributed by atoms with van der Waals surface area (Å²) in [4.78, 5) is 38.4. The van der Waals surface area contributed by atoms with Gasteiger partial charge in [-0.25, -0.2) is 0 Å². The zero-order valence-corrected chi connectivity index (χ0v) is 19.5. The molecule has 2 rings (SSSR count). The lowest BCUT2D eigenvalue weighted by Crippen LogP contribution is -2.60. The Labute approximate surface area is 195 Å². The number of rotatable bonds is 12. The van der Waals surface area contributed by atoms with Crippen molar-refractivity contribution in [3.8, 4) is 5.75 Å². The molecule has 1 atom stereocenters. The van der Waals surface area contributed by atoms with E-state index in [1.165, 1.54) is 6.42 Å². The Morgan fingerprint density at radius 3 is 2.66 bits per heavy atom. The molecule has 0 bridgehead atoms. The molecule has 0 radical (unpaired) electrons. The number of ether oxygens (including phenoxy) is 2. The number of hydrogen-bond acceptors (Lipinski definition) is 6. The molecule has 1 aliphatic rings. The van der Waals surface area contributed by atoms with E-state index in [1.807, 2.05) is 30.3 Å². The average molecular weight is 464 g/mol. The average Bonchev–Trinajstić information content (AvgIpc) is 2.78. The van der Waals surface area contributed by atoms with Gasteiger partial charge in [-0.1, -0.05) is 50.8 Å². The minimum atomic E-state index is -0.816. The molecule has 9 heteroatoms. The first-order valence-corrected chi connectivity index (χ1v) is 11.6. The molecule has 1 aromatic rings. The second-order valence-electron chi connectivity index (χ2n) is 7.60. The molecule has 1 saturated heterocycles. The normalized spacial score (nSPS) is 15.6. The molecule has 2 N–H and O–H groups in total. The van der Waals surface area contributed by atoms with Crippen molar-refractivity contribution in [3.63, 3.8) is 0 Å². The Morgan fingerprint density at radius 2 is 1.91 bits per heavy atom. The highest BCUT2D eigenvalue weighted by atomic mass is 32.1. The van der Waals surface area contributed by atoms with E-state index >= 15 is 0 Å². The minimum Gasteiger partial charge on any atom is -0.490 e.